The fourth-order valence-electron chi connectivity index (χ4n) is 1.38. The van der Waals surface area contributed by atoms with Crippen molar-refractivity contribution in [2.75, 3.05) is 0 Å². The molecule has 0 bridgehead atoms. The zero-order valence-corrected chi connectivity index (χ0v) is 14.4. The molecule has 15 nitrogen and oxygen atoms in total. The standard InChI is InChI=1S/C5H7N4O11P3S/c10-5-7-3-2(4(24)8-5)6-1-9(3)18-22(14,15)20-23(16,17)19-21(11,12)13/h1H,(H,14,15)(H,16,17)(H2,11,12,13)(H2,7,8,10,24). The Bertz CT molecular complexity index is 1030. The van der Waals surface area contributed by atoms with E-state index >= 15 is 0 Å². The third-order valence-corrected chi connectivity index (χ3v) is 6.02. The van der Waals surface area contributed by atoms with Crippen molar-refractivity contribution in [1.82, 2.24) is 19.7 Å². The van der Waals surface area contributed by atoms with Gasteiger partial charge in [0.2, 0.25) is 0 Å². The first-order chi connectivity index (χ1) is 10.8. The maximum absolute atomic E-state index is 11.7. The van der Waals surface area contributed by atoms with Gasteiger partial charge in [0.25, 0.3) is 0 Å². The van der Waals surface area contributed by atoms with E-state index in [0.29, 0.717) is 4.73 Å². The summed E-state index contributed by atoms with van der Waals surface area (Å²) in [4.78, 5) is 54.4. The molecule has 0 aromatic carbocycles. The van der Waals surface area contributed by atoms with Gasteiger partial charge in [-0.2, -0.15) is 8.62 Å². The van der Waals surface area contributed by atoms with Crippen LogP contribution in [0.25, 0.3) is 11.2 Å². The van der Waals surface area contributed by atoms with Crippen molar-refractivity contribution in [2.45, 2.75) is 0 Å². The second kappa shape index (κ2) is 6.28. The SMILES string of the molecule is O=c1[nH]c(=S)c2ncn(OP(=O)(O)OP(=O)(O)OP(=O)(O)O)c2[nH]1. The lowest BCUT2D eigenvalue weighted by Gasteiger charge is -2.16. The molecule has 0 spiro atoms. The van der Waals surface area contributed by atoms with Gasteiger partial charge in [-0.25, -0.2) is 23.5 Å². The molecule has 2 aromatic heterocycles. The van der Waals surface area contributed by atoms with E-state index in [1.54, 1.807) is 0 Å². The Hall–Kier alpha value is -1.18. The zero-order valence-electron chi connectivity index (χ0n) is 10.9. The monoisotopic (exact) mass is 424 g/mol. The third kappa shape index (κ3) is 4.91. The van der Waals surface area contributed by atoms with Crippen molar-refractivity contribution >= 4 is 46.8 Å². The minimum absolute atomic E-state index is 0.0525. The molecule has 2 rings (SSSR count). The molecule has 0 amide bonds. The summed E-state index contributed by atoms with van der Waals surface area (Å²) in [6, 6.07) is 0. The smallest absolute Gasteiger partial charge is 0.308 e. The molecule has 24 heavy (non-hydrogen) atoms. The van der Waals surface area contributed by atoms with E-state index in [4.69, 9.17) is 26.9 Å². The highest BCUT2D eigenvalue weighted by atomic mass is 32.1. The van der Waals surface area contributed by atoms with Crippen LogP contribution >= 0.6 is 35.7 Å². The Morgan fingerprint density at radius 3 is 2.29 bits per heavy atom. The molecule has 0 radical (unpaired) electrons. The number of H-pyrrole nitrogens is 2. The summed E-state index contributed by atoms with van der Waals surface area (Å²) in [7, 11) is -16.6. The van der Waals surface area contributed by atoms with Crippen LogP contribution in [-0.2, 0) is 22.3 Å². The Balaban J connectivity index is 2.32. The molecule has 2 unspecified atom stereocenters. The van der Waals surface area contributed by atoms with Crippen LogP contribution in [0.1, 0.15) is 0 Å². The first-order valence-corrected chi connectivity index (χ1v) is 10.2. The maximum Gasteiger partial charge on any atom is 0.555 e. The number of rotatable bonds is 6. The Labute approximate surface area is 135 Å². The predicted octanol–water partition coefficient (Wildman–Crippen LogP) is -0.463. The van der Waals surface area contributed by atoms with Gasteiger partial charge in [-0.3, -0.25) is 14.9 Å². The van der Waals surface area contributed by atoms with Gasteiger partial charge in [-0.1, -0.05) is 12.2 Å². The number of nitrogens with one attached hydrogen (secondary N) is 2. The Kier molecular flexibility index (Phi) is 5.01. The number of hydrogen-bond acceptors (Lipinski definition) is 9. The van der Waals surface area contributed by atoms with Gasteiger partial charge in [-0.05, 0) is 0 Å². The zero-order chi connectivity index (χ0) is 18.3. The van der Waals surface area contributed by atoms with Crippen LogP contribution in [0.3, 0.4) is 0 Å². The second-order valence-corrected chi connectivity index (χ2v) is 8.58. The molecule has 0 fully saturated rings. The molecule has 0 aliphatic heterocycles. The van der Waals surface area contributed by atoms with Crippen molar-refractivity contribution in [1.29, 1.82) is 0 Å². The number of nitrogens with zero attached hydrogens (tertiary/aromatic N) is 2. The van der Waals surface area contributed by atoms with Crippen molar-refractivity contribution in [3.05, 3.63) is 21.5 Å². The van der Waals surface area contributed by atoms with E-state index in [1.807, 2.05) is 0 Å². The molecular weight excluding hydrogens is 417 g/mol. The Morgan fingerprint density at radius 2 is 1.71 bits per heavy atom. The lowest BCUT2D eigenvalue weighted by atomic mass is 10.6. The van der Waals surface area contributed by atoms with Crippen LogP contribution in [0.4, 0.5) is 0 Å². The third-order valence-electron chi connectivity index (χ3n) is 2.02. The number of hydrogen-bond donors (Lipinski definition) is 6. The van der Waals surface area contributed by atoms with Crippen molar-refractivity contribution in [3.8, 4) is 0 Å². The lowest BCUT2D eigenvalue weighted by Crippen LogP contribution is -2.15. The van der Waals surface area contributed by atoms with Gasteiger partial charge >= 0.3 is 29.2 Å². The Morgan fingerprint density at radius 1 is 1.08 bits per heavy atom. The normalized spacial score (nSPS) is 17.3. The van der Waals surface area contributed by atoms with E-state index in [0.717, 1.165) is 6.33 Å². The molecule has 134 valence electrons. The first kappa shape index (κ1) is 19.1. The van der Waals surface area contributed by atoms with Crippen LogP contribution in [0.2, 0.25) is 0 Å². The summed E-state index contributed by atoms with van der Waals surface area (Å²) in [6.45, 7) is 0. The highest BCUT2D eigenvalue weighted by Crippen LogP contribution is 2.65. The molecule has 0 aliphatic carbocycles. The van der Waals surface area contributed by atoms with Crippen molar-refractivity contribution in [3.63, 3.8) is 0 Å². The molecule has 0 saturated carbocycles. The summed E-state index contributed by atoms with van der Waals surface area (Å²) in [5, 5.41) is 0. The summed E-state index contributed by atoms with van der Waals surface area (Å²) in [5.41, 5.74) is -1.17. The fraction of sp³-hybridized carbons (Fsp3) is 0. The number of aromatic nitrogens is 4. The first-order valence-electron chi connectivity index (χ1n) is 5.32. The summed E-state index contributed by atoms with van der Waals surface area (Å²) in [6.07, 6.45) is 0.766. The quantitative estimate of drug-likeness (QED) is 0.255. The largest absolute Gasteiger partial charge is 0.555 e. The maximum atomic E-state index is 11.7. The van der Waals surface area contributed by atoms with E-state index in [-0.39, 0.29) is 15.8 Å². The summed E-state index contributed by atoms with van der Waals surface area (Å²) < 4.78 is 45.0. The second-order valence-electron chi connectivity index (χ2n) is 3.85. The minimum atomic E-state index is -5.67. The van der Waals surface area contributed by atoms with Crippen LogP contribution in [-0.4, -0.2) is 39.3 Å². The minimum Gasteiger partial charge on any atom is -0.308 e. The molecule has 19 heteroatoms. The molecule has 2 heterocycles. The van der Waals surface area contributed by atoms with Gasteiger partial charge in [-0.15, -0.1) is 4.73 Å². The van der Waals surface area contributed by atoms with Crippen LogP contribution in [0, 0.1) is 4.64 Å². The lowest BCUT2D eigenvalue weighted by molar-refractivity contribution is 0.163. The van der Waals surface area contributed by atoms with Crippen LogP contribution in [0.15, 0.2) is 11.1 Å². The number of fused-ring (bicyclic) bond motifs is 1. The highest BCUT2D eigenvalue weighted by Gasteiger charge is 2.42. The topological polar surface area (TPSA) is 226 Å². The van der Waals surface area contributed by atoms with Gasteiger partial charge < -0.3 is 19.3 Å². The van der Waals surface area contributed by atoms with Crippen molar-refractivity contribution < 1.29 is 46.5 Å². The van der Waals surface area contributed by atoms with Gasteiger partial charge in [0.1, 0.15) is 16.5 Å². The van der Waals surface area contributed by atoms with Gasteiger partial charge in [0.15, 0.2) is 5.65 Å². The van der Waals surface area contributed by atoms with Crippen LogP contribution < -0.4 is 10.3 Å². The average molecular weight is 424 g/mol. The van der Waals surface area contributed by atoms with Crippen molar-refractivity contribution in [2.24, 2.45) is 0 Å². The predicted molar refractivity (Wildman–Crippen MR) is 76.0 cm³/mol. The van der Waals surface area contributed by atoms with E-state index in [1.165, 1.54) is 0 Å². The highest BCUT2D eigenvalue weighted by molar-refractivity contribution is 7.71. The number of imidazole rings is 1. The van der Waals surface area contributed by atoms with E-state index < -0.39 is 29.2 Å². The van der Waals surface area contributed by atoms with Gasteiger partial charge in [0, 0.05) is 0 Å². The molecular formula is C5H7N4O11P3S. The van der Waals surface area contributed by atoms with E-state index in [2.05, 4.69) is 28.2 Å². The molecule has 0 saturated heterocycles. The van der Waals surface area contributed by atoms with E-state index in [9.17, 15) is 23.4 Å². The summed E-state index contributed by atoms with van der Waals surface area (Å²) in [5.74, 6) is 0. The molecule has 2 atom stereocenters. The molecule has 0 aliphatic rings. The number of phosphoric acid groups is 3. The fourth-order valence-corrected chi connectivity index (χ4v) is 4.60. The van der Waals surface area contributed by atoms with Crippen LogP contribution in [0.5, 0.6) is 0 Å². The van der Waals surface area contributed by atoms with Gasteiger partial charge in [0.05, 0.1) is 0 Å². The number of aromatic amines is 2. The average Bonchev–Trinajstić information content (AvgIpc) is 2.66. The summed E-state index contributed by atoms with van der Waals surface area (Å²) >= 11 is 4.78. The molecule has 6 N–H and O–H groups in total. The molecule has 2 aromatic rings.